The highest BCUT2D eigenvalue weighted by Crippen LogP contribution is 2.28. The second-order valence-corrected chi connectivity index (χ2v) is 4.90. The van der Waals surface area contributed by atoms with Gasteiger partial charge in [0, 0.05) is 6.20 Å². The van der Waals surface area contributed by atoms with E-state index in [1.165, 1.54) is 12.6 Å². The Bertz CT molecular complexity index is 490. The number of hydrogen-bond acceptors (Lipinski definition) is 4. The van der Waals surface area contributed by atoms with Crippen molar-refractivity contribution in [2.24, 2.45) is 5.92 Å². The molecule has 2 rings (SSSR count). The Kier molecular flexibility index (Phi) is 4.35. The number of nitrogens with zero attached hydrogens (tertiary/aromatic N) is 2. The Balaban J connectivity index is 2.11. The van der Waals surface area contributed by atoms with E-state index in [9.17, 15) is 9.90 Å². The second kappa shape index (κ2) is 6.19. The van der Waals surface area contributed by atoms with Crippen LogP contribution >= 0.6 is 0 Å². The molecule has 1 aromatic rings. The summed E-state index contributed by atoms with van der Waals surface area (Å²) in [6.45, 7) is 0. The molecule has 1 aliphatic carbocycles. The molecule has 19 heavy (non-hydrogen) atoms. The highest BCUT2D eigenvalue weighted by atomic mass is 16.4. The lowest BCUT2D eigenvalue weighted by atomic mass is 9.84. The number of rotatable bonds is 4. The molecule has 5 heteroatoms. The fraction of sp³-hybridized carbons (Fsp3) is 0.500. The summed E-state index contributed by atoms with van der Waals surface area (Å²) in [6, 6.07) is 4.58. The van der Waals surface area contributed by atoms with E-state index in [0.29, 0.717) is 11.4 Å². The van der Waals surface area contributed by atoms with E-state index in [0.717, 1.165) is 25.7 Å². The van der Waals surface area contributed by atoms with Crippen molar-refractivity contribution in [3.05, 3.63) is 23.9 Å². The van der Waals surface area contributed by atoms with E-state index in [1.54, 1.807) is 12.1 Å². The van der Waals surface area contributed by atoms with Crippen molar-refractivity contribution in [2.75, 3.05) is 5.32 Å². The zero-order valence-electron chi connectivity index (χ0n) is 10.7. The highest BCUT2D eigenvalue weighted by Gasteiger charge is 2.29. The number of pyridine rings is 1. The molecule has 1 aliphatic rings. The number of aliphatic carboxylic acids is 1. The van der Waals surface area contributed by atoms with Crippen molar-refractivity contribution in [3.8, 4) is 6.07 Å². The molecule has 0 aromatic carbocycles. The van der Waals surface area contributed by atoms with Gasteiger partial charge < -0.3 is 10.4 Å². The molecule has 1 atom stereocenters. The van der Waals surface area contributed by atoms with Gasteiger partial charge in [-0.15, -0.1) is 0 Å². The van der Waals surface area contributed by atoms with Crippen molar-refractivity contribution >= 4 is 11.8 Å². The Morgan fingerprint density at radius 2 is 2.21 bits per heavy atom. The van der Waals surface area contributed by atoms with E-state index < -0.39 is 12.0 Å². The molecular weight excluding hydrogens is 242 g/mol. The first-order valence-electron chi connectivity index (χ1n) is 6.56. The normalized spacial score (nSPS) is 17.4. The molecular formula is C14H17N3O2. The van der Waals surface area contributed by atoms with Crippen LogP contribution in [-0.2, 0) is 4.79 Å². The van der Waals surface area contributed by atoms with Crippen molar-refractivity contribution in [1.29, 1.82) is 5.26 Å². The van der Waals surface area contributed by atoms with E-state index in [1.807, 2.05) is 6.07 Å². The lowest BCUT2D eigenvalue weighted by Gasteiger charge is -2.28. The molecule has 100 valence electrons. The molecule has 0 aliphatic heterocycles. The number of anilines is 1. The maximum atomic E-state index is 11.4. The third-order valence-electron chi connectivity index (χ3n) is 3.58. The van der Waals surface area contributed by atoms with Crippen LogP contribution in [0.4, 0.5) is 5.82 Å². The molecule has 5 nitrogen and oxygen atoms in total. The quantitative estimate of drug-likeness (QED) is 0.867. The van der Waals surface area contributed by atoms with Crippen molar-refractivity contribution in [1.82, 2.24) is 4.98 Å². The van der Waals surface area contributed by atoms with Gasteiger partial charge in [0.05, 0.1) is 11.6 Å². The van der Waals surface area contributed by atoms with Gasteiger partial charge in [-0.05, 0) is 30.9 Å². The van der Waals surface area contributed by atoms with Gasteiger partial charge in [-0.3, -0.25) is 0 Å². The molecule has 1 aromatic heterocycles. The van der Waals surface area contributed by atoms with Crippen LogP contribution in [-0.4, -0.2) is 22.1 Å². The monoisotopic (exact) mass is 259 g/mol. The first-order chi connectivity index (χ1) is 9.20. The summed E-state index contributed by atoms with van der Waals surface area (Å²) in [5.74, 6) is -0.258. The van der Waals surface area contributed by atoms with Crippen LogP contribution in [0.5, 0.6) is 0 Å². The summed E-state index contributed by atoms with van der Waals surface area (Å²) in [6.07, 6.45) is 6.74. The third-order valence-corrected chi connectivity index (χ3v) is 3.58. The minimum absolute atomic E-state index is 0.138. The molecule has 1 fully saturated rings. The highest BCUT2D eigenvalue weighted by molar-refractivity contribution is 5.77. The number of nitriles is 1. The summed E-state index contributed by atoms with van der Waals surface area (Å²) in [5.41, 5.74) is 0.477. The summed E-state index contributed by atoms with van der Waals surface area (Å²) < 4.78 is 0. The van der Waals surface area contributed by atoms with Crippen LogP contribution in [0.3, 0.4) is 0 Å². The molecule has 0 saturated heterocycles. The average molecular weight is 259 g/mol. The number of aromatic nitrogens is 1. The van der Waals surface area contributed by atoms with Gasteiger partial charge >= 0.3 is 5.97 Å². The molecule has 1 heterocycles. The number of nitrogens with one attached hydrogen (secondary N) is 1. The Labute approximate surface area is 112 Å². The van der Waals surface area contributed by atoms with Gasteiger partial charge in [0.15, 0.2) is 0 Å². The van der Waals surface area contributed by atoms with E-state index >= 15 is 0 Å². The second-order valence-electron chi connectivity index (χ2n) is 4.90. The van der Waals surface area contributed by atoms with E-state index in [4.69, 9.17) is 5.26 Å². The average Bonchev–Trinajstić information content (AvgIpc) is 2.45. The SMILES string of the molecule is N#Cc1ccnc(NC(C(=O)O)C2CCCCC2)c1. The van der Waals surface area contributed by atoms with Crippen molar-refractivity contribution in [3.63, 3.8) is 0 Å². The molecule has 1 unspecified atom stereocenters. The van der Waals surface area contributed by atoms with Crippen LogP contribution in [0.1, 0.15) is 37.7 Å². The van der Waals surface area contributed by atoms with Gasteiger partial charge in [0.2, 0.25) is 0 Å². The van der Waals surface area contributed by atoms with Gasteiger partial charge in [0.1, 0.15) is 11.9 Å². The first-order valence-corrected chi connectivity index (χ1v) is 6.56. The van der Waals surface area contributed by atoms with E-state index in [-0.39, 0.29) is 5.92 Å². The van der Waals surface area contributed by atoms with Crippen LogP contribution in [0.2, 0.25) is 0 Å². The Morgan fingerprint density at radius 1 is 1.47 bits per heavy atom. The molecule has 1 saturated carbocycles. The third kappa shape index (κ3) is 3.44. The summed E-state index contributed by atoms with van der Waals surface area (Å²) in [4.78, 5) is 15.5. The van der Waals surface area contributed by atoms with E-state index in [2.05, 4.69) is 10.3 Å². The largest absolute Gasteiger partial charge is 0.480 e. The predicted octanol–water partition coefficient (Wildman–Crippen LogP) is 2.40. The topological polar surface area (TPSA) is 86.0 Å². The fourth-order valence-corrected chi connectivity index (χ4v) is 2.59. The molecule has 0 bridgehead atoms. The molecule has 0 spiro atoms. The number of hydrogen-bond donors (Lipinski definition) is 2. The lowest BCUT2D eigenvalue weighted by molar-refractivity contribution is -0.139. The standard InChI is InChI=1S/C14H17N3O2/c15-9-10-6-7-16-12(8-10)17-13(14(18)19)11-4-2-1-3-5-11/h6-8,11,13H,1-5H2,(H,16,17)(H,18,19). The predicted molar refractivity (Wildman–Crippen MR) is 70.6 cm³/mol. The minimum Gasteiger partial charge on any atom is -0.480 e. The lowest BCUT2D eigenvalue weighted by Crippen LogP contribution is -2.38. The Hall–Kier alpha value is -2.09. The molecule has 0 amide bonds. The Morgan fingerprint density at radius 3 is 2.84 bits per heavy atom. The van der Waals surface area contributed by atoms with Crippen molar-refractivity contribution < 1.29 is 9.90 Å². The van der Waals surface area contributed by atoms with Gasteiger partial charge in [0.25, 0.3) is 0 Å². The maximum Gasteiger partial charge on any atom is 0.326 e. The van der Waals surface area contributed by atoms with Gasteiger partial charge in [-0.1, -0.05) is 19.3 Å². The van der Waals surface area contributed by atoms with Crippen LogP contribution in [0.25, 0.3) is 0 Å². The van der Waals surface area contributed by atoms with Crippen LogP contribution in [0, 0.1) is 17.2 Å². The summed E-state index contributed by atoms with van der Waals surface area (Å²) in [5, 5.41) is 21.2. The van der Waals surface area contributed by atoms with Crippen molar-refractivity contribution in [2.45, 2.75) is 38.1 Å². The minimum atomic E-state index is -0.851. The summed E-state index contributed by atoms with van der Waals surface area (Å²) in [7, 11) is 0. The number of carboxylic acid groups (broad SMARTS) is 1. The first kappa shape index (κ1) is 13.3. The number of carbonyl (C=O) groups is 1. The van der Waals surface area contributed by atoms with Gasteiger partial charge in [-0.2, -0.15) is 5.26 Å². The summed E-state index contributed by atoms with van der Waals surface area (Å²) >= 11 is 0. The maximum absolute atomic E-state index is 11.4. The number of carboxylic acids is 1. The fourth-order valence-electron chi connectivity index (χ4n) is 2.59. The zero-order chi connectivity index (χ0) is 13.7. The van der Waals surface area contributed by atoms with Gasteiger partial charge in [-0.25, -0.2) is 9.78 Å². The molecule has 0 radical (unpaired) electrons. The van der Waals surface area contributed by atoms with Crippen LogP contribution < -0.4 is 5.32 Å². The zero-order valence-corrected chi connectivity index (χ0v) is 10.7. The molecule has 2 N–H and O–H groups in total. The van der Waals surface area contributed by atoms with Crippen LogP contribution in [0.15, 0.2) is 18.3 Å². The smallest absolute Gasteiger partial charge is 0.326 e.